The van der Waals surface area contributed by atoms with Crippen molar-refractivity contribution in [2.24, 2.45) is 0 Å². The highest BCUT2D eigenvalue weighted by Crippen LogP contribution is 2.46. The Hall–Kier alpha value is -6.78. The van der Waals surface area contributed by atoms with Gasteiger partial charge >= 0.3 is 0 Å². The Bertz CT molecular complexity index is 3070. The fraction of sp³-hybridized carbons (Fsp3) is 0. The van der Waals surface area contributed by atoms with Gasteiger partial charge in [0.25, 0.3) is 0 Å². The van der Waals surface area contributed by atoms with Gasteiger partial charge in [-0.25, -0.2) is 0 Å². The van der Waals surface area contributed by atoms with Crippen molar-refractivity contribution in [3.63, 3.8) is 0 Å². The van der Waals surface area contributed by atoms with Crippen LogP contribution >= 0.6 is 0 Å². The number of anilines is 3. The van der Waals surface area contributed by atoms with E-state index in [0.29, 0.717) is 0 Å². The van der Waals surface area contributed by atoms with Crippen LogP contribution in [0.3, 0.4) is 0 Å². The standard InChI is InChI=1S/C46H28N2O2/c1-2-14-33-29(11-1)23-25-38-45-41(20-10-22-43(45)50-46(33)38)47(32-24-26-37-36-17-5-8-21-42(36)49-44(37)28-32)30-12-9-13-31(27-30)48-39-18-6-3-15-34(39)35-16-4-7-19-40(35)48/h1-28H. The van der Waals surface area contributed by atoms with E-state index >= 15 is 0 Å². The molecule has 3 aromatic heterocycles. The molecule has 0 bridgehead atoms. The van der Waals surface area contributed by atoms with Gasteiger partial charge in [-0.3, -0.25) is 0 Å². The second-order valence-corrected chi connectivity index (χ2v) is 12.9. The van der Waals surface area contributed by atoms with Crippen molar-refractivity contribution in [1.82, 2.24) is 4.57 Å². The molecule has 11 aromatic rings. The number of rotatable bonds is 4. The first kappa shape index (κ1) is 27.2. The second kappa shape index (κ2) is 10.4. The summed E-state index contributed by atoms with van der Waals surface area (Å²) in [6.45, 7) is 0. The van der Waals surface area contributed by atoms with Crippen LogP contribution < -0.4 is 4.90 Å². The highest BCUT2D eigenvalue weighted by atomic mass is 16.3. The zero-order chi connectivity index (χ0) is 32.8. The van der Waals surface area contributed by atoms with Crippen LogP contribution in [0.5, 0.6) is 0 Å². The molecule has 3 heterocycles. The zero-order valence-corrected chi connectivity index (χ0v) is 26.9. The summed E-state index contributed by atoms with van der Waals surface area (Å²) in [7, 11) is 0. The highest BCUT2D eigenvalue weighted by molar-refractivity contribution is 6.20. The molecule has 4 heteroatoms. The second-order valence-electron chi connectivity index (χ2n) is 12.9. The third-order valence-corrected chi connectivity index (χ3v) is 10.2. The lowest BCUT2D eigenvalue weighted by Crippen LogP contribution is -2.11. The number of aromatic nitrogens is 1. The summed E-state index contributed by atoms with van der Waals surface area (Å²) in [5, 5.41) is 9.11. The van der Waals surface area contributed by atoms with Crippen LogP contribution in [0.25, 0.3) is 82.1 Å². The lowest BCUT2D eigenvalue weighted by atomic mass is 10.0. The predicted octanol–water partition coefficient (Wildman–Crippen LogP) is 13.2. The Kier molecular flexibility index (Phi) is 5.63. The molecule has 0 amide bonds. The Labute approximate surface area is 286 Å². The van der Waals surface area contributed by atoms with Gasteiger partial charge in [0.05, 0.1) is 22.1 Å². The van der Waals surface area contributed by atoms with Crippen LogP contribution in [-0.4, -0.2) is 4.57 Å². The summed E-state index contributed by atoms with van der Waals surface area (Å²) >= 11 is 0. The minimum absolute atomic E-state index is 0.849. The van der Waals surface area contributed by atoms with Gasteiger partial charge in [-0.15, -0.1) is 0 Å². The molecule has 8 aromatic carbocycles. The topological polar surface area (TPSA) is 34.5 Å². The molecule has 234 valence electrons. The van der Waals surface area contributed by atoms with E-state index in [4.69, 9.17) is 8.83 Å². The van der Waals surface area contributed by atoms with Crippen LogP contribution in [0.2, 0.25) is 0 Å². The smallest absolute Gasteiger partial charge is 0.143 e. The number of para-hydroxylation sites is 3. The average molecular weight is 641 g/mol. The molecular weight excluding hydrogens is 613 g/mol. The summed E-state index contributed by atoms with van der Waals surface area (Å²) in [5.74, 6) is 0. The van der Waals surface area contributed by atoms with E-state index in [0.717, 1.165) is 77.4 Å². The summed E-state index contributed by atoms with van der Waals surface area (Å²) in [5.41, 5.74) is 9.99. The van der Waals surface area contributed by atoms with Crippen molar-refractivity contribution in [2.45, 2.75) is 0 Å². The fourth-order valence-corrected chi connectivity index (χ4v) is 7.97. The number of hydrogen-bond acceptors (Lipinski definition) is 3. The number of furan rings is 2. The van der Waals surface area contributed by atoms with Gasteiger partial charge < -0.3 is 18.3 Å². The molecule has 0 aliphatic heterocycles. The minimum Gasteiger partial charge on any atom is -0.456 e. The van der Waals surface area contributed by atoms with Crippen molar-refractivity contribution in [3.8, 4) is 5.69 Å². The number of hydrogen-bond donors (Lipinski definition) is 0. The maximum atomic E-state index is 6.67. The van der Waals surface area contributed by atoms with Crippen LogP contribution in [0, 0.1) is 0 Å². The molecule has 0 aliphatic carbocycles. The molecule has 0 saturated carbocycles. The molecule has 50 heavy (non-hydrogen) atoms. The van der Waals surface area contributed by atoms with Gasteiger partial charge in [-0.05, 0) is 72.1 Å². The van der Waals surface area contributed by atoms with E-state index in [-0.39, 0.29) is 0 Å². The van der Waals surface area contributed by atoms with E-state index < -0.39 is 0 Å². The van der Waals surface area contributed by atoms with Crippen molar-refractivity contribution in [1.29, 1.82) is 0 Å². The molecule has 0 aliphatic rings. The highest BCUT2D eigenvalue weighted by Gasteiger charge is 2.22. The van der Waals surface area contributed by atoms with Crippen molar-refractivity contribution in [3.05, 3.63) is 170 Å². The van der Waals surface area contributed by atoms with Gasteiger partial charge in [0.1, 0.15) is 22.3 Å². The van der Waals surface area contributed by atoms with Crippen LogP contribution in [0.4, 0.5) is 17.1 Å². The van der Waals surface area contributed by atoms with E-state index in [1.54, 1.807) is 0 Å². The fourth-order valence-electron chi connectivity index (χ4n) is 7.97. The Balaban J connectivity index is 1.20. The molecule has 0 spiro atoms. The monoisotopic (exact) mass is 640 g/mol. The lowest BCUT2D eigenvalue weighted by molar-refractivity contribution is 0.669. The zero-order valence-electron chi connectivity index (χ0n) is 26.9. The summed E-state index contributed by atoms with van der Waals surface area (Å²) in [6.07, 6.45) is 0. The number of nitrogens with zero attached hydrogens (tertiary/aromatic N) is 2. The van der Waals surface area contributed by atoms with Gasteiger partial charge in [-0.1, -0.05) is 97.1 Å². The van der Waals surface area contributed by atoms with Crippen LogP contribution in [0.1, 0.15) is 0 Å². The average Bonchev–Trinajstić information content (AvgIpc) is 3.85. The Morgan fingerprint density at radius 2 is 1.04 bits per heavy atom. The Morgan fingerprint density at radius 1 is 0.400 bits per heavy atom. The molecule has 11 rings (SSSR count). The summed E-state index contributed by atoms with van der Waals surface area (Å²) in [6, 6.07) is 60.1. The lowest BCUT2D eigenvalue weighted by Gasteiger charge is -2.27. The minimum atomic E-state index is 0.849. The van der Waals surface area contributed by atoms with Crippen molar-refractivity contribution < 1.29 is 8.83 Å². The van der Waals surface area contributed by atoms with E-state index in [1.165, 1.54) is 21.8 Å². The molecule has 0 fully saturated rings. The normalized spacial score (nSPS) is 12.0. The first-order valence-electron chi connectivity index (χ1n) is 16.9. The first-order valence-corrected chi connectivity index (χ1v) is 16.9. The summed E-state index contributed by atoms with van der Waals surface area (Å²) in [4.78, 5) is 2.34. The largest absolute Gasteiger partial charge is 0.456 e. The SMILES string of the molecule is c1cc(N(c2ccc3c(c2)oc2ccccc23)c2cccc3oc4c5ccccc5ccc4c23)cc(-n2c3ccccc3c3ccccc32)c1. The van der Waals surface area contributed by atoms with Gasteiger partial charge in [0.2, 0.25) is 0 Å². The molecule has 4 nitrogen and oxygen atoms in total. The Morgan fingerprint density at radius 3 is 1.88 bits per heavy atom. The molecule has 0 radical (unpaired) electrons. The molecule has 0 N–H and O–H groups in total. The first-order chi connectivity index (χ1) is 24.8. The maximum Gasteiger partial charge on any atom is 0.143 e. The van der Waals surface area contributed by atoms with Gasteiger partial charge in [-0.2, -0.15) is 0 Å². The van der Waals surface area contributed by atoms with Crippen LogP contribution in [-0.2, 0) is 0 Å². The molecular formula is C46H28N2O2. The molecule has 0 unspecified atom stereocenters. The van der Waals surface area contributed by atoms with E-state index in [2.05, 4.69) is 167 Å². The van der Waals surface area contributed by atoms with Gasteiger partial charge in [0.15, 0.2) is 0 Å². The van der Waals surface area contributed by atoms with E-state index in [1.807, 2.05) is 12.1 Å². The van der Waals surface area contributed by atoms with Crippen molar-refractivity contribution in [2.75, 3.05) is 4.90 Å². The molecule has 0 saturated heterocycles. The van der Waals surface area contributed by atoms with Crippen LogP contribution in [0.15, 0.2) is 179 Å². The van der Waals surface area contributed by atoms with Crippen molar-refractivity contribution >= 4 is 93.5 Å². The van der Waals surface area contributed by atoms with E-state index in [9.17, 15) is 0 Å². The quantitative estimate of drug-likeness (QED) is 0.192. The summed E-state index contributed by atoms with van der Waals surface area (Å²) < 4.78 is 15.5. The number of benzene rings is 8. The van der Waals surface area contributed by atoms with Gasteiger partial charge in [0, 0.05) is 55.4 Å². The third-order valence-electron chi connectivity index (χ3n) is 10.2. The number of fused-ring (bicyclic) bond motifs is 11. The maximum absolute atomic E-state index is 6.67. The molecule has 0 atom stereocenters. The predicted molar refractivity (Wildman–Crippen MR) is 208 cm³/mol. The third kappa shape index (κ3) is 3.87.